The van der Waals surface area contributed by atoms with Crippen LogP contribution in [0.5, 0.6) is 0 Å². The van der Waals surface area contributed by atoms with Gasteiger partial charge in [0.2, 0.25) is 0 Å². The number of hydrogen-bond donors (Lipinski definition) is 0. The van der Waals surface area contributed by atoms with Gasteiger partial charge in [0.1, 0.15) is 0 Å². The molecule has 0 aliphatic heterocycles. The van der Waals surface area contributed by atoms with Gasteiger partial charge in [0, 0.05) is 6.92 Å². The van der Waals surface area contributed by atoms with Crippen LogP contribution in [0.3, 0.4) is 0 Å². The van der Waals surface area contributed by atoms with E-state index in [-0.39, 0.29) is 0 Å². The predicted octanol–water partition coefficient (Wildman–Crippen LogP) is 1.03. The van der Waals surface area contributed by atoms with E-state index in [0.29, 0.717) is 0 Å². The van der Waals surface area contributed by atoms with E-state index in [0.717, 1.165) is 0 Å². The Labute approximate surface area is 46.3 Å². The van der Waals surface area contributed by atoms with Crippen molar-refractivity contribution >= 4 is 9.53 Å². The van der Waals surface area contributed by atoms with Crippen molar-refractivity contribution in [1.29, 1.82) is 5.26 Å². The molecule has 32 valence electrons. The van der Waals surface area contributed by atoms with E-state index in [2.05, 4.69) is 34.6 Å². The Morgan fingerprint density at radius 1 is 1.80 bits per heavy atom. The summed E-state index contributed by atoms with van der Waals surface area (Å²) in [6, 6.07) is 1.50. The molecule has 0 aliphatic rings. The Morgan fingerprint density at radius 2 is 1.80 bits per heavy atom. The van der Waals surface area contributed by atoms with Crippen LogP contribution in [0.15, 0.2) is 0 Å². The molecule has 0 heterocycles. The van der Waals surface area contributed by atoms with Gasteiger partial charge >= 0.3 is 27.7 Å². The Bertz CT molecular complexity index is 31.1. The van der Waals surface area contributed by atoms with Gasteiger partial charge in [-0.05, 0) is 0 Å². The number of rotatable bonds is 0. The van der Waals surface area contributed by atoms with Gasteiger partial charge in [0.05, 0.1) is 6.07 Å². The van der Waals surface area contributed by atoms with Gasteiger partial charge in [-0.15, -0.1) is 0 Å². The fourth-order valence-corrected chi connectivity index (χ4v) is 0. The molecule has 0 atom stereocenters. The van der Waals surface area contributed by atoms with Crippen molar-refractivity contribution in [2.24, 2.45) is 0 Å². The number of nitriles is 1. The molecule has 1 nitrogen and oxygen atoms in total. The zero-order valence-corrected chi connectivity index (χ0v) is 4.66. The van der Waals surface area contributed by atoms with Crippen LogP contribution in [0.25, 0.3) is 0 Å². The van der Waals surface area contributed by atoms with Crippen molar-refractivity contribution < 1.29 is 18.2 Å². The minimum absolute atomic E-state index is 1.50. The molecule has 0 aliphatic carbocycles. The summed E-state index contributed by atoms with van der Waals surface area (Å²) in [7, 11) is 4.49. The van der Waals surface area contributed by atoms with Crippen molar-refractivity contribution in [3.8, 4) is 6.07 Å². The molecule has 0 rings (SSSR count). The monoisotopic (exact) mass is 181 g/mol. The summed E-state index contributed by atoms with van der Waals surface area (Å²) in [4.78, 5) is 0. The first-order valence-electron chi connectivity index (χ1n) is 0.697. The Hall–Kier alpha value is 0.442. The molecule has 0 amide bonds. The van der Waals surface area contributed by atoms with Crippen molar-refractivity contribution in [2.45, 2.75) is 0 Å². The molecule has 0 fully saturated rings. The maximum absolute atomic E-state index is 7.21. The Morgan fingerprint density at radius 3 is 1.80 bits per heavy atom. The second-order valence-electron chi connectivity index (χ2n) is 0.158. The molecule has 0 aromatic rings. The van der Waals surface area contributed by atoms with Crippen LogP contribution in [-0.4, -0.2) is 0 Å². The van der Waals surface area contributed by atoms with Crippen LogP contribution >= 0.6 is 9.53 Å². The third-order valence-corrected chi connectivity index (χ3v) is 0. The summed E-state index contributed by atoms with van der Waals surface area (Å²) in [6.45, 7) is 2.79. The summed E-state index contributed by atoms with van der Waals surface area (Å²) >= 11 is 2.22. The average molecular weight is 182 g/mol. The van der Waals surface area contributed by atoms with E-state index in [1.165, 1.54) is 6.07 Å². The average Bonchev–Trinajstić information content (AvgIpc) is 1.46. The molecule has 0 spiro atoms. The third kappa shape index (κ3) is 135. The molecule has 0 N–H and O–H groups in total. The molecule has 5 heavy (non-hydrogen) atoms. The van der Waals surface area contributed by atoms with Crippen LogP contribution in [0, 0.1) is 18.3 Å². The Balaban J connectivity index is 0. The van der Waals surface area contributed by atoms with Crippen LogP contribution in [-0.2, 0) is 18.2 Å². The first-order chi connectivity index (χ1) is 2.41. The summed E-state index contributed by atoms with van der Waals surface area (Å²) in [5, 5.41) is 7.21. The van der Waals surface area contributed by atoms with E-state index < -0.39 is 0 Å². The summed E-state index contributed by atoms with van der Waals surface area (Å²) in [5.41, 5.74) is 0. The van der Waals surface area contributed by atoms with Crippen LogP contribution < -0.4 is 0 Å². The van der Waals surface area contributed by atoms with Gasteiger partial charge in [-0.3, -0.25) is 0 Å². The second-order valence-corrected chi connectivity index (χ2v) is 0.158. The van der Waals surface area contributed by atoms with E-state index in [1.54, 1.807) is 0 Å². The summed E-state index contributed by atoms with van der Waals surface area (Å²) in [6.07, 6.45) is 0. The summed E-state index contributed by atoms with van der Waals surface area (Å²) < 4.78 is 0. The van der Waals surface area contributed by atoms with Crippen molar-refractivity contribution in [3.63, 3.8) is 0 Å². The Kier molecular flexibility index (Phi) is 45.9. The zero-order valence-electron chi connectivity index (χ0n) is 2.35. The van der Waals surface area contributed by atoms with Gasteiger partial charge < -0.3 is 0 Å². The third-order valence-electron chi connectivity index (χ3n) is 0. The van der Waals surface area contributed by atoms with Gasteiger partial charge in [0.25, 0.3) is 0 Å². The van der Waals surface area contributed by atoms with Crippen molar-refractivity contribution in [2.75, 3.05) is 0 Å². The van der Waals surface area contributed by atoms with Gasteiger partial charge in [-0.1, -0.05) is 0 Å². The second kappa shape index (κ2) is 25.3. The molecule has 3 heteroatoms. The fraction of sp³-hybridized carbons (Fsp3) is 0. The predicted molar refractivity (Wildman–Crippen MR) is 16.8 cm³/mol. The van der Waals surface area contributed by atoms with Crippen LogP contribution in [0.1, 0.15) is 0 Å². The topological polar surface area (TPSA) is 23.8 Å². The molecule has 1 radical (unpaired) electrons. The van der Waals surface area contributed by atoms with Crippen molar-refractivity contribution in [3.05, 3.63) is 6.92 Å². The fourth-order valence-electron chi connectivity index (χ4n) is 0. The molecular weight excluding hydrogens is 180 g/mol. The van der Waals surface area contributed by atoms with E-state index >= 15 is 0 Å². The number of halogens is 1. The number of hydrogen-bond acceptors (Lipinski definition) is 1. The van der Waals surface area contributed by atoms with Crippen molar-refractivity contribution in [1.82, 2.24) is 0 Å². The van der Waals surface area contributed by atoms with Gasteiger partial charge in [-0.25, -0.2) is 0 Å². The summed E-state index contributed by atoms with van der Waals surface area (Å²) in [5.74, 6) is 0. The first kappa shape index (κ1) is 9.06. The normalized spacial score (nSPS) is 3.00. The van der Waals surface area contributed by atoms with E-state index in [1.807, 2.05) is 0 Å². The molecule has 0 saturated heterocycles. The standard InChI is InChI=1S/C2H2N.ClH.Pd/c1-2-3;;/h1H2;1H;/q;;+1/p-1. The molecule has 0 aromatic heterocycles. The minimum atomic E-state index is 1.50. The first-order valence-corrected chi connectivity index (χ1v) is 2.70. The van der Waals surface area contributed by atoms with Crippen LogP contribution in [0.2, 0.25) is 0 Å². The molecule has 0 aromatic carbocycles. The molecular formula is C2H2ClNPd. The molecule has 0 bridgehead atoms. The number of nitrogens with zero attached hydrogens (tertiary/aromatic N) is 1. The maximum atomic E-state index is 7.21. The quantitative estimate of drug-likeness (QED) is 0.513. The zero-order chi connectivity index (χ0) is 4.71. The molecule has 0 saturated carbocycles. The SMILES string of the molecule is [CH2]C#N.[Cl][Pd]. The van der Waals surface area contributed by atoms with Gasteiger partial charge in [0.15, 0.2) is 0 Å². The van der Waals surface area contributed by atoms with E-state index in [4.69, 9.17) is 5.26 Å². The van der Waals surface area contributed by atoms with Gasteiger partial charge in [-0.2, -0.15) is 5.26 Å². The molecule has 0 unspecified atom stereocenters. The van der Waals surface area contributed by atoms with Crippen LogP contribution in [0.4, 0.5) is 0 Å². The van der Waals surface area contributed by atoms with E-state index in [9.17, 15) is 0 Å².